The third-order valence-electron chi connectivity index (χ3n) is 2.45. The minimum absolute atomic E-state index is 0.210. The van der Waals surface area contributed by atoms with Gasteiger partial charge in [-0.2, -0.15) is 5.10 Å². The van der Waals surface area contributed by atoms with Crippen molar-refractivity contribution in [3.63, 3.8) is 0 Å². The molecule has 7 heteroatoms. The number of nitrogens with zero attached hydrogens (tertiary/aromatic N) is 2. The maximum atomic E-state index is 12.0. The second-order valence-electron chi connectivity index (χ2n) is 3.80. The van der Waals surface area contributed by atoms with E-state index in [4.69, 9.17) is 5.73 Å². The van der Waals surface area contributed by atoms with E-state index in [1.807, 2.05) is 6.92 Å². The van der Waals surface area contributed by atoms with E-state index in [-0.39, 0.29) is 11.9 Å². The van der Waals surface area contributed by atoms with Gasteiger partial charge in [0, 0.05) is 15.7 Å². The fraction of sp³-hybridized carbons (Fsp3) is 0.182. The highest BCUT2D eigenvalue weighted by atomic mass is 79.9. The molecule has 0 saturated heterocycles. The van der Waals surface area contributed by atoms with Gasteiger partial charge in [0.2, 0.25) is 0 Å². The molecule has 0 bridgehead atoms. The minimum atomic E-state index is -0.245. The van der Waals surface area contributed by atoms with Crippen LogP contribution in [0.2, 0.25) is 0 Å². The summed E-state index contributed by atoms with van der Waals surface area (Å²) in [5.41, 5.74) is 6.75. The SMILES string of the molecule is CC(NC(=O)c1ccc(Br)c(N)c1)c1ncn[nH]1. The van der Waals surface area contributed by atoms with Gasteiger partial charge in [0.25, 0.3) is 5.91 Å². The average Bonchev–Trinajstić information content (AvgIpc) is 2.86. The molecule has 1 aromatic carbocycles. The van der Waals surface area contributed by atoms with Crippen molar-refractivity contribution in [3.8, 4) is 0 Å². The van der Waals surface area contributed by atoms with E-state index in [1.54, 1.807) is 18.2 Å². The minimum Gasteiger partial charge on any atom is -0.398 e. The quantitative estimate of drug-likeness (QED) is 0.751. The number of halogens is 1. The van der Waals surface area contributed by atoms with E-state index in [0.29, 0.717) is 17.1 Å². The lowest BCUT2D eigenvalue weighted by Gasteiger charge is -2.11. The molecule has 1 heterocycles. The topological polar surface area (TPSA) is 96.7 Å². The zero-order valence-electron chi connectivity index (χ0n) is 9.64. The number of nitrogen functional groups attached to an aromatic ring is 1. The molecule has 0 aliphatic rings. The first-order valence-electron chi connectivity index (χ1n) is 5.29. The van der Waals surface area contributed by atoms with Crippen molar-refractivity contribution in [2.45, 2.75) is 13.0 Å². The molecule has 94 valence electrons. The number of nitrogens with two attached hydrogens (primary N) is 1. The van der Waals surface area contributed by atoms with Crippen LogP contribution in [0.1, 0.15) is 29.1 Å². The van der Waals surface area contributed by atoms with Gasteiger partial charge in [0.1, 0.15) is 12.2 Å². The van der Waals surface area contributed by atoms with Crippen LogP contribution in [0.3, 0.4) is 0 Å². The lowest BCUT2D eigenvalue weighted by Crippen LogP contribution is -2.27. The summed E-state index contributed by atoms with van der Waals surface area (Å²) in [5.74, 6) is 0.395. The molecule has 0 saturated carbocycles. The summed E-state index contributed by atoms with van der Waals surface area (Å²) in [6.07, 6.45) is 1.40. The third kappa shape index (κ3) is 2.67. The highest BCUT2D eigenvalue weighted by Crippen LogP contribution is 2.20. The lowest BCUT2D eigenvalue weighted by molar-refractivity contribution is 0.0938. The second-order valence-corrected chi connectivity index (χ2v) is 4.66. The Balaban J connectivity index is 2.10. The summed E-state index contributed by atoms with van der Waals surface area (Å²) in [6, 6.07) is 4.81. The average molecular weight is 310 g/mol. The number of amides is 1. The lowest BCUT2D eigenvalue weighted by atomic mass is 10.2. The number of carbonyl (C=O) groups excluding carboxylic acids is 1. The maximum Gasteiger partial charge on any atom is 0.251 e. The number of H-pyrrole nitrogens is 1. The van der Waals surface area contributed by atoms with E-state index in [2.05, 4.69) is 36.4 Å². The maximum absolute atomic E-state index is 12.0. The van der Waals surface area contributed by atoms with E-state index >= 15 is 0 Å². The number of anilines is 1. The van der Waals surface area contributed by atoms with E-state index in [1.165, 1.54) is 6.33 Å². The van der Waals surface area contributed by atoms with Gasteiger partial charge < -0.3 is 11.1 Å². The van der Waals surface area contributed by atoms with Crippen LogP contribution in [0.25, 0.3) is 0 Å². The van der Waals surface area contributed by atoms with Crippen molar-refractivity contribution < 1.29 is 4.79 Å². The Bertz CT molecular complexity index is 555. The molecule has 2 aromatic rings. The van der Waals surface area contributed by atoms with Crippen LogP contribution in [0.4, 0.5) is 5.69 Å². The van der Waals surface area contributed by atoms with Crippen molar-refractivity contribution in [2.24, 2.45) is 0 Å². The predicted octanol–water partition coefficient (Wildman–Crippen LogP) is 1.64. The molecule has 0 aliphatic heterocycles. The molecular formula is C11H12BrN5O. The van der Waals surface area contributed by atoms with Gasteiger partial charge in [-0.1, -0.05) is 0 Å². The van der Waals surface area contributed by atoms with Crippen LogP contribution in [-0.4, -0.2) is 21.1 Å². The fourth-order valence-corrected chi connectivity index (χ4v) is 1.70. The van der Waals surface area contributed by atoms with Gasteiger partial charge in [-0.25, -0.2) is 4.98 Å². The van der Waals surface area contributed by atoms with Crippen LogP contribution < -0.4 is 11.1 Å². The molecule has 0 radical (unpaired) electrons. The monoisotopic (exact) mass is 309 g/mol. The summed E-state index contributed by atoms with van der Waals surface area (Å²) in [6.45, 7) is 1.82. The number of hydrogen-bond donors (Lipinski definition) is 3. The van der Waals surface area contributed by atoms with Gasteiger partial charge in [-0.05, 0) is 41.1 Å². The number of aromatic amines is 1. The van der Waals surface area contributed by atoms with Gasteiger partial charge in [0.05, 0.1) is 6.04 Å². The zero-order valence-corrected chi connectivity index (χ0v) is 11.2. The molecule has 2 rings (SSSR count). The number of benzene rings is 1. The third-order valence-corrected chi connectivity index (χ3v) is 3.17. The van der Waals surface area contributed by atoms with Gasteiger partial charge in [-0.3, -0.25) is 9.89 Å². The summed E-state index contributed by atoms with van der Waals surface area (Å²) >= 11 is 3.28. The molecule has 1 unspecified atom stereocenters. The molecule has 1 aromatic heterocycles. The first-order chi connectivity index (χ1) is 8.58. The Morgan fingerprint density at radius 1 is 1.56 bits per heavy atom. The molecule has 18 heavy (non-hydrogen) atoms. The normalized spacial score (nSPS) is 12.1. The molecule has 4 N–H and O–H groups in total. The summed E-state index contributed by atoms with van der Waals surface area (Å²) < 4.78 is 0.766. The number of nitrogens with one attached hydrogen (secondary N) is 2. The van der Waals surface area contributed by atoms with Gasteiger partial charge in [0.15, 0.2) is 0 Å². The van der Waals surface area contributed by atoms with Crippen LogP contribution in [-0.2, 0) is 0 Å². The van der Waals surface area contributed by atoms with Crippen molar-refractivity contribution in [3.05, 3.63) is 40.4 Å². The first kappa shape index (κ1) is 12.6. The standard InChI is InChI=1S/C11H12BrN5O/c1-6(10-14-5-15-17-10)16-11(18)7-2-3-8(12)9(13)4-7/h2-6H,13H2,1H3,(H,16,18)(H,14,15,17). The molecule has 1 amide bonds. The number of aromatic nitrogens is 3. The zero-order chi connectivity index (χ0) is 13.1. The Morgan fingerprint density at radius 2 is 2.33 bits per heavy atom. The molecule has 0 aliphatic carbocycles. The van der Waals surface area contributed by atoms with Gasteiger partial charge >= 0.3 is 0 Å². The highest BCUT2D eigenvalue weighted by molar-refractivity contribution is 9.10. The van der Waals surface area contributed by atoms with Crippen molar-refractivity contribution >= 4 is 27.5 Å². The van der Waals surface area contributed by atoms with E-state index in [9.17, 15) is 4.79 Å². The second kappa shape index (κ2) is 5.18. The van der Waals surface area contributed by atoms with E-state index in [0.717, 1.165) is 4.47 Å². The van der Waals surface area contributed by atoms with Crippen molar-refractivity contribution in [1.82, 2.24) is 20.5 Å². The van der Waals surface area contributed by atoms with Crippen molar-refractivity contribution in [1.29, 1.82) is 0 Å². The molecule has 0 fully saturated rings. The molecular weight excluding hydrogens is 298 g/mol. The Labute approximate surface area is 112 Å². The van der Waals surface area contributed by atoms with Crippen LogP contribution in [0.15, 0.2) is 29.0 Å². The highest BCUT2D eigenvalue weighted by Gasteiger charge is 2.13. The van der Waals surface area contributed by atoms with Crippen LogP contribution in [0, 0.1) is 0 Å². The predicted molar refractivity (Wildman–Crippen MR) is 70.8 cm³/mol. The van der Waals surface area contributed by atoms with E-state index < -0.39 is 0 Å². The fourth-order valence-electron chi connectivity index (χ4n) is 1.46. The first-order valence-corrected chi connectivity index (χ1v) is 6.08. The Hall–Kier alpha value is -1.89. The van der Waals surface area contributed by atoms with Crippen molar-refractivity contribution in [2.75, 3.05) is 5.73 Å². The smallest absolute Gasteiger partial charge is 0.251 e. The summed E-state index contributed by atoms with van der Waals surface area (Å²) in [5, 5.41) is 9.24. The molecule has 1 atom stereocenters. The number of rotatable bonds is 3. The number of hydrogen-bond acceptors (Lipinski definition) is 4. The van der Waals surface area contributed by atoms with Crippen LogP contribution in [0.5, 0.6) is 0 Å². The molecule has 0 spiro atoms. The van der Waals surface area contributed by atoms with Gasteiger partial charge in [-0.15, -0.1) is 0 Å². The Morgan fingerprint density at radius 3 is 2.94 bits per heavy atom. The molecule has 6 nitrogen and oxygen atoms in total. The summed E-state index contributed by atoms with van der Waals surface area (Å²) in [7, 11) is 0. The van der Waals surface area contributed by atoms with Crippen LogP contribution >= 0.6 is 15.9 Å². The number of carbonyl (C=O) groups is 1. The largest absolute Gasteiger partial charge is 0.398 e. The Kier molecular flexibility index (Phi) is 3.61. The summed E-state index contributed by atoms with van der Waals surface area (Å²) in [4.78, 5) is 16.0.